The van der Waals surface area contributed by atoms with E-state index >= 15 is 0 Å². The fourth-order valence-electron chi connectivity index (χ4n) is 2.65. The van der Waals surface area contributed by atoms with Gasteiger partial charge in [0.25, 0.3) is 0 Å². The van der Waals surface area contributed by atoms with E-state index in [1.807, 2.05) is 20.8 Å². The predicted octanol–water partition coefficient (Wildman–Crippen LogP) is 5.17. The summed E-state index contributed by atoms with van der Waals surface area (Å²) in [4.78, 5) is 0. The summed E-state index contributed by atoms with van der Waals surface area (Å²) < 4.78 is 74.2. The highest BCUT2D eigenvalue weighted by atomic mass is 28.4. The molecule has 0 heterocycles. The zero-order valence-electron chi connectivity index (χ0n) is 14.1. The molecule has 1 aromatic carbocycles. The molecule has 1 rings (SSSR count). The van der Waals surface area contributed by atoms with Crippen molar-refractivity contribution in [3.05, 3.63) is 29.1 Å². The van der Waals surface area contributed by atoms with Gasteiger partial charge in [-0.25, -0.2) is 22.0 Å². The third kappa shape index (κ3) is 4.12. The Hall–Kier alpha value is -0.953. The molecule has 0 aliphatic carbocycles. The van der Waals surface area contributed by atoms with Gasteiger partial charge in [-0.2, -0.15) is 0 Å². The fourth-order valence-corrected chi connectivity index (χ4v) is 5.51. The molecule has 1 atom stereocenters. The lowest BCUT2D eigenvalue weighted by atomic mass is 9.97. The second-order valence-electron chi connectivity index (χ2n) is 6.46. The summed E-state index contributed by atoms with van der Waals surface area (Å²) >= 11 is 0. The Kier molecular flexibility index (Phi) is 6.37. The van der Waals surface area contributed by atoms with Crippen molar-refractivity contribution in [2.75, 3.05) is 0 Å². The standard InChI is InChI=1S/C16H23F5OSi/c1-6-8-9-16(3,7-2)22-23(4,5)15-13(20)11(18)10(17)12(19)14(15)21/h6-9H2,1-5H3. The van der Waals surface area contributed by atoms with Crippen molar-refractivity contribution >= 4 is 13.5 Å². The van der Waals surface area contributed by atoms with E-state index in [-0.39, 0.29) is 0 Å². The first-order valence-electron chi connectivity index (χ1n) is 7.72. The normalized spacial score (nSPS) is 14.9. The number of unbranched alkanes of at least 4 members (excludes halogenated alkanes) is 1. The molecule has 0 radical (unpaired) electrons. The first kappa shape index (κ1) is 20.1. The Bertz CT molecular complexity index is 547. The molecule has 0 fully saturated rings. The molecule has 0 N–H and O–H groups in total. The summed E-state index contributed by atoms with van der Waals surface area (Å²) in [5, 5.41) is -0.801. The summed E-state index contributed by atoms with van der Waals surface area (Å²) in [5.74, 6) is -9.55. The lowest BCUT2D eigenvalue weighted by molar-refractivity contribution is 0.0660. The zero-order valence-corrected chi connectivity index (χ0v) is 15.1. The maximum Gasteiger partial charge on any atom is 0.225 e. The minimum absolute atomic E-state index is 0.582. The Labute approximate surface area is 135 Å². The van der Waals surface area contributed by atoms with Gasteiger partial charge >= 0.3 is 0 Å². The van der Waals surface area contributed by atoms with Gasteiger partial charge in [0.1, 0.15) is 0 Å². The lowest BCUT2D eigenvalue weighted by Gasteiger charge is -2.38. The molecule has 1 aromatic rings. The molecule has 0 bridgehead atoms. The van der Waals surface area contributed by atoms with E-state index in [0.29, 0.717) is 12.8 Å². The van der Waals surface area contributed by atoms with Crippen molar-refractivity contribution in [2.45, 2.75) is 65.1 Å². The Morgan fingerprint density at radius 3 is 1.70 bits per heavy atom. The summed E-state index contributed by atoms with van der Waals surface area (Å²) in [7, 11) is -3.36. The number of halogens is 5. The van der Waals surface area contributed by atoms with Crippen molar-refractivity contribution in [3.63, 3.8) is 0 Å². The quantitative estimate of drug-likeness (QED) is 0.284. The van der Waals surface area contributed by atoms with Crippen LogP contribution in [-0.2, 0) is 4.43 Å². The van der Waals surface area contributed by atoms with Gasteiger partial charge in [0.15, 0.2) is 23.3 Å². The average molecular weight is 354 g/mol. The molecule has 7 heteroatoms. The highest BCUT2D eigenvalue weighted by Gasteiger charge is 2.41. The molecule has 0 spiro atoms. The van der Waals surface area contributed by atoms with E-state index in [0.717, 1.165) is 12.8 Å². The molecule has 23 heavy (non-hydrogen) atoms. The van der Waals surface area contributed by atoms with Gasteiger partial charge in [0.05, 0.1) is 5.60 Å². The zero-order chi connectivity index (χ0) is 18.0. The van der Waals surface area contributed by atoms with Crippen molar-refractivity contribution < 1.29 is 26.4 Å². The van der Waals surface area contributed by atoms with Gasteiger partial charge in [0.2, 0.25) is 14.1 Å². The molecular formula is C16H23F5OSi. The highest BCUT2D eigenvalue weighted by molar-refractivity contribution is 6.84. The minimum Gasteiger partial charge on any atom is -0.408 e. The van der Waals surface area contributed by atoms with Crippen molar-refractivity contribution in [1.29, 1.82) is 0 Å². The van der Waals surface area contributed by atoms with E-state index in [4.69, 9.17) is 4.43 Å². The SMILES string of the molecule is CCCCC(C)(CC)O[Si](C)(C)c1c(F)c(F)c(F)c(F)c1F. The van der Waals surface area contributed by atoms with Gasteiger partial charge in [-0.1, -0.05) is 26.7 Å². The van der Waals surface area contributed by atoms with Gasteiger partial charge < -0.3 is 4.43 Å². The summed E-state index contributed by atoms with van der Waals surface area (Å²) in [6, 6.07) is 0. The molecule has 0 aliphatic heterocycles. The second kappa shape index (κ2) is 7.30. The molecule has 0 saturated carbocycles. The van der Waals surface area contributed by atoms with Crippen LogP contribution in [0.4, 0.5) is 22.0 Å². The highest BCUT2D eigenvalue weighted by Crippen LogP contribution is 2.29. The van der Waals surface area contributed by atoms with E-state index in [2.05, 4.69) is 0 Å². The van der Waals surface area contributed by atoms with E-state index in [1.165, 1.54) is 13.1 Å². The Balaban J connectivity index is 3.33. The molecule has 1 unspecified atom stereocenters. The van der Waals surface area contributed by atoms with Crippen LogP contribution in [0.5, 0.6) is 0 Å². The minimum atomic E-state index is -3.36. The van der Waals surface area contributed by atoms with Gasteiger partial charge in [-0.05, 0) is 32.9 Å². The number of benzene rings is 1. The van der Waals surface area contributed by atoms with Crippen LogP contribution in [0.25, 0.3) is 0 Å². The average Bonchev–Trinajstić information content (AvgIpc) is 2.48. The van der Waals surface area contributed by atoms with Gasteiger partial charge in [-0.3, -0.25) is 0 Å². The fraction of sp³-hybridized carbons (Fsp3) is 0.625. The van der Waals surface area contributed by atoms with Crippen LogP contribution in [-0.4, -0.2) is 13.9 Å². The Morgan fingerprint density at radius 1 is 0.870 bits per heavy atom. The summed E-state index contributed by atoms with van der Waals surface area (Å²) in [6.07, 6.45) is 3.01. The Morgan fingerprint density at radius 2 is 1.30 bits per heavy atom. The van der Waals surface area contributed by atoms with Crippen LogP contribution in [0.3, 0.4) is 0 Å². The molecule has 0 aliphatic rings. The third-order valence-electron chi connectivity index (χ3n) is 4.12. The van der Waals surface area contributed by atoms with E-state index < -0.39 is 48.2 Å². The van der Waals surface area contributed by atoms with Crippen molar-refractivity contribution in [1.82, 2.24) is 0 Å². The molecule has 0 amide bonds. The van der Waals surface area contributed by atoms with Crippen LogP contribution >= 0.6 is 0 Å². The van der Waals surface area contributed by atoms with E-state index in [9.17, 15) is 22.0 Å². The van der Waals surface area contributed by atoms with Crippen molar-refractivity contribution in [3.8, 4) is 0 Å². The third-order valence-corrected chi connectivity index (χ3v) is 6.77. The predicted molar refractivity (Wildman–Crippen MR) is 82.7 cm³/mol. The largest absolute Gasteiger partial charge is 0.408 e. The van der Waals surface area contributed by atoms with Crippen LogP contribution in [0, 0.1) is 29.1 Å². The second-order valence-corrected chi connectivity index (χ2v) is 10.2. The molecule has 1 nitrogen and oxygen atoms in total. The van der Waals surface area contributed by atoms with Crippen LogP contribution in [0.1, 0.15) is 46.5 Å². The number of hydrogen-bond acceptors (Lipinski definition) is 1. The van der Waals surface area contributed by atoms with Gasteiger partial charge in [0, 0.05) is 5.19 Å². The molecular weight excluding hydrogens is 331 g/mol. The summed E-state index contributed by atoms with van der Waals surface area (Å²) in [5.41, 5.74) is -0.661. The molecule has 0 saturated heterocycles. The maximum atomic E-state index is 14.1. The number of rotatable bonds is 7. The first-order valence-corrected chi connectivity index (χ1v) is 10.6. The topological polar surface area (TPSA) is 9.23 Å². The van der Waals surface area contributed by atoms with Crippen LogP contribution < -0.4 is 5.19 Å². The monoisotopic (exact) mass is 354 g/mol. The maximum absolute atomic E-state index is 14.1. The smallest absolute Gasteiger partial charge is 0.225 e. The molecule has 132 valence electrons. The van der Waals surface area contributed by atoms with Crippen molar-refractivity contribution in [2.24, 2.45) is 0 Å². The van der Waals surface area contributed by atoms with E-state index in [1.54, 1.807) is 0 Å². The van der Waals surface area contributed by atoms with Crippen LogP contribution in [0.15, 0.2) is 0 Å². The first-order chi connectivity index (χ1) is 10.5. The molecule has 0 aromatic heterocycles. The number of hydrogen-bond donors (Lipinski definition) is 0. The van der Waals surface area contributed by atoms with Gasteiger partial charge in [-0.15, -0.1) is 0 Å². The summed E-state index contributed by atoms with van der Waals surface area (Å²) in [6.45, 7) is 8.58. The van der Waals surface area contributed by atoms with Crippen LogP contribution in [0.2, 0.25) is 13.1 Å². The lowest BCUT2D eigenvalue weighted by Crippen LogP contribution is -2.54.